The molecule has 0 N–H and O–H groups in total. The summed E-state index contributed by atoms with van der Waals surface area (Å²) in [5, 5.41) is 6.83. The summed E-state index contributed by atoms with van der Waals surface area (Å²) in [6.07, 6.45) is 0. The lowest BCUT2D eigenvalue weighted by Gasteiger charge is -2.15. The Morgan fingerprint density at radius 1 is 0.433 bits per heavy atom. The molecule has 30 heavy (non-hydrogen) atoms. The monoisotopic (exact) mass is 514 g/mol. The van der Waals surface area contributed by atoms with Crippen LogP contribution in [0.1, 0.15) is 11.1 Å². The smallest absolute Gasteiger partial charge is 0.0289 e. The van der Waals surface area contributed by atoms with Gasteiger partial charge in [0.05, 0.1) is 0 Å². The molecule has 0 atom stereocenters. The molecule has 0 amide bonds. The second kappa shape index (κ2) is 8.37. The number of halogens is 2. The maximum Gasteiger partial charge on any atom is 0.0289 e. The predicted molar refractivity (Wildman–Crippen MR) is 138 cm³/mol. The van der Waals surface area contributed by atoms with E-state index in [-0.39, 0.29) is 0 Å². The molecule has 2 heteroatoms. The summed E-state index contributed by atoms with van der Waals surface area (Å²) in [4.78, 5) is 0. The Labute approximate surface area is 193 Å². The van der Waals surface area contributed by atoms with Gasteiger partial charge in [-0.15, -0.1) is 0 Å². The van der Waals surface area contributed by atoms with E-state index in [2.05, 4.69) is 129 Å². The van der Waals surface area contributed by atoms with Crippen LogP contribution >= 0.6 is 31.9 Å². The zero-order valence-corrected chi connectivity index (χ0v) is 19.6. The molecule has 5 aromatic rings. The number of benzene rings is 5. The lowest BCUT2D eigenvalue weighted by Crippen LogP contribution is -1.91. The van der Waals surface area contributed by atoms with Crippen LogP contribution in [0.3, 0.4) is 0 Å². The van der Waals surface area contributed by atoms with Crippen molar-refractivity contribution in [1.82, 2.24) is 0 Å². The Morgan fingerprint density at radius 2 is 0.833 bits per heavy atom. The van der Waals surface area contributed by atoms with Gasteiger partial charge in [-0.2, -0.15) is 0 Å². The fourth-order valence-electron chi connectivity index (χ4n) is 4.34. The van der Waals surface area contributed by atoms with Crippen molar-refractivity contribution in [2.45, 2.75) is 10.7 Å². The summed E-state index contributed by atoms with van der Waals surface area (Å²) in [7, 11) is 0. The van der Waals surface area contributed by atoms with Crippen LogP contribution in [-0.4, -0.2) is 0 Å². The van der Waals surface area contributed by atoms with Crippen LogP contribution in [0.25, 0.3) is 43.8 Å². The molecule has 0 unspecified atom stereocenters. The number of alkyl halides is 2. The highest BCUT2D eigenvalue weighted by atomic mass is 79.9. The molecule has 0 fully saturated rings. The largest absolute Gasteiger partial charge is 0.0876 e. The van der Waals surface area contributed by atoms with Gasteiger partial charge in [-0.3, -0.25) is 0 Å². The van der Waals surface area contributed by atoms with E-state index in [9.17, 15) is 0 Å². The number of fused-ring (bicyclic) bond motifs is 2. The Hall–Kier alpha value is -2.42. The molecule has 0 spiro atoms. The van der Waals surface area contributed by atoms with E-state index >= 15 is 0 Å². The van der Waals surface area contributed by atoms with Gasteiger partial charge in [0.1, 0.15) is 0 Å². The maximum atomic E-state index is 3.68. The van der Waals surface area contributed by atoms with Crippen LogP contribution in [0.2, 0.25) is 0 Å². The average Bonchev–Trinajstić information content (AvgIpc) is 2.82. The van der Waals surface area contributed by atoms with E-state index in [1.807, 2.05) is 0 Å². The fraction of sp³-hybridized carbons (Fsp3) is 0.0714. The zero-order chi connectivity index (χ0) is 20.5. The molecule has 0 bridgehead atoms. The molecule has 0 saturated heterocycles. The van der Waals surface area contributed by atoms with Crippen LogP contribution in [0.5, 0.6) is 0 Å². The SMILES string of the molecule is BrCc1ccc2ccccc2c1-c1ccc(-c2c(CBr)ccc3ccccc23)cc1. The molecule has 0 nitrogen and oxygen atoms in total. The van der Waals surface area contributed by atoms with Crippen LogP contribution in [-0.2, 0) is 10.7 Å². The topological polar surface area (TPSA) is 0 Å². The maximum absolute atomic E-state index is 3.68. The molecular weight excluding hydrogens is 496 g/mol. The summed E-state index contributed by atoms with van der Waals surface area (Å²) in [6.45, 7) is 0. The van der Waals surface area contributed by atoms with Crippen molar-refractivity contribution in [3.63, 3.8) is 0 Å². The van der Waals surface area contributed by atoms with Crippen LogP contribution in [0, 0.1) is 0 Å². The van der Waals surface area contributed by atoms with Crippen LogP contribution in [0.15, 0.2) is 97.1 Å². The van der Waals surface area contributed by atoms with Crippen molar-refractivity contribution in [1.29, 1.82) is 0 Å². The van der Waals surface area contributed by atoms with E-state index in [1.54, 1.807) is 0 Å². The molecule has 0 aliphatic heterocycles. The number of hydrogen-bond donors (Lipinski definition) is 0. The molecule has 0 aromatic heterocycles. The first-order chi connectivity index (χ1) is 14.8. The summed E-state index contributed by atoms with van der Waals surface area (Å²) >= 11 is 7.37. The first-order valence-electron chi connectivity index (χ1n) is 10.0. The standard InChI is InChI=1S/C28H20Br2/c29-17-23-15-9-19-5-1-3-7-25(19)27(23)21-11-13-22(14-12-21)28-24(18-30)16-10-20-6-2-4-8-26(20)28/h1-16H,17-18H2. The van der Waals surface area contributed by atoms with Crippen molar-refractivity contribution in [2.75, 3.05) is 0 Å². The lowest BCUT2D eigenvalue weighted by molar-refractivity contribution is 1.44. The minimum absolute atomic E-state index is 0.839. The number of hydrogen-bond acceptors (Lipinski definition) is 0. The second-order valence-corrected chi connectivity index (χ2v) is 8.61. The molecule has 146 valence electrons. The van der Waals surface area contributed by atoms with Gasteiger partial charge in [-0.1, -0.05) is 129 Å². The first-order valence-corrected chi connectivity index (χ1v) is 12.3. The molecule has 0 aliphatic rings. The summed E-state index contributed by atoms with van der Waals surface area (Å²) < 4.78 is 0. The Kier molecular flexibility index (Phi) is 5.45. The van der Waals surface area contributed by atoms with Gasteiger partial charge in [0.25, 0.3) is 0 Å². The van der Waals surface area contributed by atoms with Gasteiger partial charge in [0.2, 0.25) is 0 Å². The van der Waals surface area contributed by atoms with Gasteiger partial charge in [0, 0.05) is 10.7 Å². The Bertz CT molecular complexity index is 1240. The van der Waals surface area contributed by atoms with Gasteiger partial charge in [0.15, 0.2) is 0 Å². The highest BCUT2D eigenvalue weighted by Crippen LogP contribution is 2.37. The van der Waals surface area contributed by atoms with Crippen LogP contribution in [0.4, 0.5) is 0 Å². The van der Waals surface area contributed by atoms with E-state index < -0.39 is 0 Å². The third-order valence-corrected chi connectivity index (χ3v) is 6.99. The average molecular weight is 516 g/mol. The van der Waals surface area contributed by atoms with Crippen molar-refractivity contribution in [2.24, 2.45) is 0 Å². The zero-order valence-electron chi connectivity index (χ0n) is 16.4. The van der Waals surface area contributed by atoms with Crippen molar-refractivity contribution in [3.05, 3.63) is 108 Å². The predicted octanol–water partition coefficient (Wildman–Crippen LogP) is 9.12. The van der Waals surface area contributed by atoms with E-state index in [4.69, 9.17) is 0 Å². The van der Waals surface area contributed by atoms with Gasteiger partial charge in [-0.25, -0.2) is 0 Å². The summed E-state index contributed by atoms with van der Waals surface area (Å²) in [6, 6.07) is 35.2. The van der Waals surface area contributed by atoms with Gasteiger partial charge < -0.3 is 0 Å². The minimum Gasteiger partial charge on any atom is -0.0876 e. The molecular formula is C28H20Br2. The molecule has 0 radical (unpaired) electrons. The van der Waals surface area contributed by atoms with Crippen molar-refractivity contribution in [3.8, 4) is 22.3 Å². The molecule has 0 saturated carbocycles. The third kappa shape index (κ3) is 3.38. The highest BCUT2D eigenvalue weighted by Gasteiger charge is 2.12. The van der Waals surface area contributed by atoms with Crippen LogP contribution < -0.4 is 0 Å². The lowest BCUT2D eigenvalue weighted by atomic mass is 9.90. The van der Waals surface area contributed by atoms with Gasteiger partial charge >= 0.3 is 0 Å². The Morgan fingerprint density at radius 3 is 1.23 bits per heavy atom. The Balaban J connectivity index is 1.69. The molecule has 5 aromatic carbocycles. The van der Waals surface area contributed by atoms with E-state index in [1.165, 1.54) is 54.9 Å². The van der Waals surface area contributed by atoms with Crippen molar-refractivity contribution < 1.29 is 0 Å². The summed E-state index contributed by atoms with van der Waals surface area (Å²) in [5.41, 5.74) is 7.77. The second-order valence-electron chi connectivity index (χ2n) is 7.49. The number of rotatable bonds is 4. The third-order valence-electron chi connectivity index (χ3n) is 5.78. The highest BCUT2D eigenvalue weighted by molar-refractivity contribution is 9.08. The quantitative estimate of drug-likeness (QED) is 0.209. The summed E-state index contributed by atoms with van der Waals surface area (Å²) in [5.74, 6) is 0. The van der Waals surface area contributed by atoms with E-state index in [0.29, 0.717) is 0 Å². The molecule has 0 aliphatic carbocycles. The van der Waals surface area contributed by atoms with Gasteiger partial charge in [-0.05, 0) is 54.9 Å². The molecule has 0 heterocycles. The normalized spacial score (nSPS) is 11.3. The van der Waals surface area contributed by atoms with E-state index in [0.717, 1.165) is 10.7 Å². The minimum atomic E-state index is 0.839. The first kappa shape index (κ1) is 19.5. The molecule has 5 rings (SSSR count). The fourth-order valence-corrected chi connectivity index (χ4v) is 5.28. The van der Waals surface area contributed by atoms with Crippen molar-refractivity contribution >= 4 is 53.4 Å².